The van der Waals surface area contributed by atoms with Crippen molar-refractivity contribution in [2.75, 3.05) is 12.4 Å². The highest BCUT2D eigenvalue weighted by molar-refractivity contribution is 7.15. The number of ether oxygens (including phenoxy) is 1. The summed E-state index contributed by atoms with van der Waals surface area (Å²) in [6.45, 7) is 6.33. The smallest absolute Gasteiger partial charge is 0.227 e. The number of methoxy groups -OCH3 is 1. The van der Waals surface area contributed by atoms with Gasteiger partial charge in [0, 0.05) is 17.8 Å². The molecule has 6 heteroatoms. The first-order valence-corrected chi connectivity index (χ1v) is 8.60. The van der Waals surface area contributed by atoms with Gasteiger partial charge >= 0.3 is 0 Å². The number of nitrogens with one attached hydrogen (secondary N) is 1. The molecular weight excluding hydrogens is 320 g/mol. The van der Waals surface area contributed by atoms with Gasteiger partial charge in [-0.2, -0.15) is 0 Å². The van der Waals surface area contributed by atoms with Crippen molar-refractivity contribution in [1.29, 1.82) is 0 Å². The third kappa shape index (κ3) is 3.54. The average molecular weight is 340 g/mol. The van der Waals surface area contributed by atoms with Crippen molar-refractivity contribution in [3.63, 3.8) is 0 Å². The SMILES string of the molecule is COc1ccc(Nc2nccc(-c3sc(C(C)C)nc3C)n2)cc1. The monoisotopic (exact) mass is 340 g/mol. The van der Waals surface area contributed by atoms with E-state index in [2.05, 4.69) is 34.1 Å². The first-order valence-electron chi connectivity index (χ1n) is 7.78. The lowest BCUT2D eigenvalue weighted by molar-refractivity contribution is 0.415. The Labute approximate surface area is 145 Å². The summed E-state index contributed by atoms with van der Waals surface area (Å²) in [5.41, 5.74) is 2.82. The van der Waals surface area contributed by atoms with Gasteiger partial charge in [0.15, 0.2) is 0 Å². The van der Waals surface area contributed by atoms with Gasteiger partial charge < -0.3 is 10.1 Å². The van der Waals surface area contributed by atoms with Crippen LogP contribution in [-0.2, 0) is 0 Å². The van der Waals surface area contributed by atoms with E-state index in [4.69, 9.17) is 4.74 Å². The van der Waals surface area contributed by atoms with Crippen LogP contribution in [-0.4, -0.2) is 22.1 Å². The van der Waals surface area contributed by atoms with Gasteiger partial charge in [0.1, 0.15) is 5.75 Å². The fourth-order valence-corrected chi connectivity index (χ4v) is 3.29. The molecule has 0 saturated carbocycles. The fraction of sp³-hybridized carbons (Fsp3) is 0.278. The zero-order valence-electron chi connectivity index (χ0n) is 14.2. The molecule has 0 unspecified atom stereocenters. The Morgan fingerprint density at radius 2 is 1.83 bits per heavy atom. The van der Waals surface area contributed by atoms with Crippen LogP contribution in [0.1, 0.15) is 30.5 Å². The second kappa shape index (κ2) is 6.97. The highest BCUT2D eigenvalue weighted by atomic mass is 32.1. The van der Waals surface area contributed by atoms with E-state index in [1.165, 1.54) is 0 Å². The van der Waals surface area contributed by atoms with Gasteiger partial charge in [-0.15, -0.1) is 11.3 Å². The Morgan fingerprint density at radius 1 is 1.08 bits per heavy atom. The molecule has 0 radical (unpaired) electrons. The van der Waals surface area contributed by atoms with E-state index in [1.807, 2.05) is 37.3 Å². The average Bonchev–Trinajstić information content (AvgIpc) is 2.98. The molecule has 1 N–H and O–H groups in total. The molecule has 0 atom stereocenters. The number of hydrogen-bond acceptors (Lipinski definition) is 6. The van der Waals surface area contributed by atoms with Crippen molar-refractivity contribution in [2.24, 2.45) is 0 Å². The molecule has 0 amide bonds. The zero-order valence-corrected chi connectivity index (χ0v) is 15.0. The minimum Gasteiger partial charge on any atom is -0.497 e. The molecule has 2 heterocycles. The van der Waals surface area contributed by atoms with Gasteiger partial charge in [-0.05, 0) is 37.3 Å². The van der Waals surface area contributed by atoms with E-state index in [0.29, 0.717) is 11.9 Å². The van der Waals surface area contributed by atoms with E-state index in [0.717, 1.165) is 32.7 Å². The lowest BCUT2D eigenvalue weighted by atomic mass is 10.2. The van der Waals surface area contributed by atoms with E-state index in [9.17, 15) is 0 Å². The molecule has 0 bridgehead atoms. The second-order valence-corrected chi connectivity index (χ2v) is 6.77. The highest BCUT2D eigenvalue weighted by Crippen LogP contribution is 2.32. The molecule has 5 nitrogen and oxygen atoms in total. The Kier molecular flexibility index (Phi) is 4.76. The summed E-state index contributed by atoms with van der Waals surface area (Å²) in [6.07, 6.45) is 1.77. The maximum Gasteiger partial charge on any atom is 0.227 e. The van der Waals surface area contributed by atoms with Crippen LogP contribution in [0.5, 0.6) is 5.75 Å². The van der Waals surface area contributed by atoms with E-state index in [1.54, 1.807) is 24.6 Å². The standard InChI is InChI=1S/C18H20N4OS/c1-11(2)17-20-12(3)16(24-17)15-9-10-19-18(22-15)21-13-5-7-14(23-4)8-6-13/h5-11H,1-4H3,(H,19,21,22). The van der Waals surface area contributed by atoms with Crippen LogP contribution in [0.2, 0.25) is 0 Å². The molecule has 3 aromatic rings. The molecule has 0 aliphatic heterocycles. The Bertz CT molecular complexity index is 827. The van der Waals surface area contributed by atoms with Gasteiger partial charge in [-0.3, -0.25) is 0 Å². The quantitative estimate of drug-likeness (QED) is 0.724. The summed E-state index contributed by atoms with van der Waals surface area (Å²) in [6, 6.07) is 9.58. The molecule has 2 aromatic heterocycles. The van der Waals surface area contributed by atoms with E-state index >= 15 is 0 Å². The summed E-state index contributed by atoms with van der Waals surface area (Å²) < 4.78 is 5.17. The number of aryl methyl sites for hydroxylation is 1. The number of benzene rings is 1. The fourth-order valence-electron chi connectivity index (χ4n) is 2.25. The van der Waals surface area contributed by atoms with Crippen molar-refractivity contribution in [2.45, 2.75) is 26.7 Å². The summed E-state index contributed by atoms with van der Waals surface area (Å²) in [5, 5.41) is 4.35. The minimum atomic E-state index is 0.418. The van der Waals surface area contributed by atoms with Crippen LogP contribution in [0.4, 0.5) is 11.6 Å². The van der Waals surface area contributed by atoms with E-state index < -0.39 is 0 Å². The summed E-state index contributed by atoms with van der Waals surface area (Å²) >= 11 is 1.69. The number of rotatable bonds is 5. The van der Waals surface area contributed by atoms with Crippen LogP contribution in [0, 0.1) is 6.92 Å². The molecule has 24 heavy (non-hydrogen) atoms. The molecule has 0 fully saturated rings. The van der Waals surface area contributed by atoms with Crippen molar-refractivity contribution >= 4 is 23.0 Å². The van der Waals surface area contributed by atoms with Crippen LogP contribution in [0.3, 0.4) is 0 Å². The topological polar surface area (TPSA) is 59.9 Å². The molecule has 0 aliphatic carbocycles. The Hall–Kier alpha value is -2.47. The number of anilines is 2. The summed E-state index contributed by atoms with van der Waals surface area (Å²) in [7, 11) is 1.65. The Balaban J connectivity index is 1.86. The number of thiazole rings is 1. The van der Waals surface area contributed by atoms with Gasteiger partial charge in [0.25, 0.3) is 0 Å². The minimum absolute atomic E-state index is 0.418. The second-order valence-electron chi connectivity index (χ2n) is 5.74. The normalized spacial score (nSPS) is 10.9. The predicted octanol–water partition coefficient (Wildman–Crippen LogP) is 4.78. The summed E-state index contributed by atoms with van der Waals surface area (Å²) in [4.78, 5) is 14.7. The van der Waals surface area contributed by atoms with Gasteiger partial charge in [-0.25, -0.2) is 15.0 Å². The van der Waals surface area contributed by atoms with Crippen molar-refractivity contribution in [3.8, 4) is 16.3 Å². The predicted molar refractivity (Wildman–Crippen MR) is 98.2 cm³/mol. The van der Waals surface area contributed by atoms with Gasteiger partial charge in [-0.1, -0.05) is 13.8 Å². The number of hydrogen-bond donors (Lipinski definition) is 1. The molecule has 3 rings (SSSR count). The van der Waals surface area contributed by atoms with Crippen molar-refractivity contribution < 1.29 is 4.74 Å². The molecule has 0 saturated heterocycles. The highest BCUT2D eigenvalue weighted by Gasteiger charge is 2.13. The molecule has 124 valence electrons. The van der Waals surface area contributed by atoms with Crippen LogP contribution in [0.25, 0.3) is 10.6 Å². The van der Waals surface area contributed by atoms with Crippen molar-refractivity contribution in [3.05, 3.63) is 47.2 Å². The van der Waals surface area contributed by atoms with Gasteiger partial charge in [0.05, 0.1) is 28.4 Å². The maximum atomic E-state index is 5.17. The molecular formula is C18H20N4OS. The van der Waals surface area contributed by atoms with Crippen molar-refractivity contribution in [1.82, 2.24) is 15.0 Å². The molecule has 0 spiro atoms. The maximum absolute atomic E-state index is 5.17. The van der Waals surface area contributed by atoms with E-state index in [-0.39, 0.29) is 0 Å². The van der Waals surface area contributed by atoms with Gasteiger partial charge in [0.2, 0.25) is 5.95 Å². The first-order chi connectivity index (χ1) is 11.6. The third-order valence-electron chi connectivity index (χ3n) is 3.54. The summed E-state index contributed by atoms with van der Waals surface area (Å²) in [5.74, 6) is 1.80. The lowest BCUT2D eigenvalue weighted by Crippen LogP contribution is -1.97. The van der Waals surface area contributed by atoms with Crippen LogP contribution in [0.15, 0.2) is 36.5 Å². The first kappa shape index (κ1) is 16.4. The zero-order chi connectivity index (χ0) is 17.1. The largest absolute Gasteiger partial charge is 0.497 e. The number of nitrogens with zero attached hydrogens (tertiary/aromatic N) is 3. The third-order valence-corrected chi connectivity index (χ3v) is 5.02. The van der Waals surface area contributed by atoms with Crippen LogP contribution >= 0.6 is 11.3 Å². The van der Waals surface area contributed by atoms with Crippen LogP contribution < -0.4 is 10.1 Å². The molecule has 1 aromatic carbocycles. The number of aromatic nitrogens is 3. The Morgan fingerprint density at radius 3 is 2.46 bits per heavy atom. The lowest BCUT2D eigenvalue weighted by Gasteiger charge is -2.07. The molecule has 0 aliphatic rings.